The normalized spacial score (nSPS) is 11.8. The fourth-order valence-corrected chi connectivity index (χ4v) is 8.19. The van der Waals surface area contributed by atoms with Crippen LogP contribution in [0.1, 0.15) is 84.4 Å². The molecule has 0 unspecified atom stereocenters. The quantitative estimate of drug-likeness (QED) is 0.377. The van der Waals surface area contributed by atoms with Crippen LogP contribution < -0.4 is 3.71 Å². The first-order valence-electron chi connectivity index (χ1n) is 8.90. The molecule has 0 saturated heterocycles. The molecule has 0 bridgehead atoms. The van der Waals surface area contributed by atoms with Crippen molar-refractivity contribution in [3.8, 4) is 0 Å². The zero-order valence-electron chi connectivity index (χ0n) is 14.6. The maximum atomic E-state index is 4.79. The van der Waals surface area contributed by atoms with Gasteiger partial charge < -0.3 is 0 Å². The van der Waals surface area contributed by atoms with Gasteiger partial charge in [-0.15, -0.1) is 0 Å². The fraction of sp³-hybridized carbons (Fsp3) is 0.778. The van der Waals surface area contributed by atoms with E-state index in [1.54, 1.807) is 0 Å². The first-order valence-corrected chi connectivity index (χ1v) is 12.4. The first kappa shape index (κ1) is 20.3. The predicted octanol–water partition coefficient (Wildman–Crippen LogP) is 4.97. The summed E-state index contributed by atoms with van der Waals surface area (Å²) in [5.74, 6) is 1.55. The number of unbranched alkanes of at least 4 members (excludes halogenated alkanes) is 3. The average Bonchev–Trinajstić information content (AvgIpc) is 2.56. The van der Waals surface area contributed by atoms with Crippen LogP contribution in [0.2, 0.25) is 3.43 Å². The molecule has 124 valence electrons. The van der Waals surface area contributed by atoms with Gasteiger partial charge in [0.05, 0.1) is 0 Å². The van der Waals surface area contributed by atoms with Crippen LogP contribution in [-0.2, 0) is 5.75 Å². The molecule has 2 radical (unpaired) electrons. The summed E-state index contributed by atoms with van der Waals surface area (Å²) in [7, 11) is 0. The minimum atomic E-state index is -0.714. The van der Waals surface area contributed by atoms with Crippen molar-refractivity contribution in [2.75, 3.05) is 0 Å². The average molecular weight is 427 g/mol. The van der Waals surface area contributed by atoms with Gasteiger partial charge in [0.25, 0.3) is 0 Å². The second kappa shape index (κ2) is 11.7. The SMILES string of the molecule is CCCC[C](CCCC)(CCCC)[Sn][c]1ccnc(CS)n1. The Bertz CT molecular complexity index is 390. The number of thiol groups is 1. The Morgan fingerprint density at radius 2 is 1.55 bits per heavy atom. The molecule has 0 fully saturated rings. The van der Waals surface area contributed by atoms with E-state index in [-0.39, 0.29) is 0 Å². The number of nitrogens with zero attached hydrogens (tertiary/aromatic N) is 2. The van der Waals surface area contributed by atoms with Crippen LogP contribution in [-0.4, -0.2) is 31.1 Å². The Morgan fingerprint density at radius 3 is 2.00 bits per heavy atom. The molecule has 0 aliphatic carbocycles. The molecule has 0 atom stereocenters. The minimum absolute atomic E-state index is 0.605. The molecule has 2 nitrogen and oxygen atoms in total. The standard InChI is InChI=1S/C13H27.C5H5N2S.Sn/c1-4-7-10-13(11-8-5-2)12-9-6-3;8-4-5-6-2-1-3-7-5;/h4-12H2,1-3H3;1-2,8H,4H2;. The zero-order chi connectivity index (χ0) is 16.3. The summed E-state index contributed by atoms with van der Waals surface area (Å²) in [6, 6.07) is 2.18. The molecule has 1 aromatic heterocycles. The van der Waals surface area contributed by atoms with Gasteiger partial charge in [-0.2, -0.15) is 0 Å². The van der Waals surface area contributed by atoms with Gasteiger partial charge in [0.1, 0.15) is 0 Å². The van der Waals surface area contributed by atoms with Crippen molar-refractivity contribution in [1.82, 2.24) is 9.97 Å². The van der Waals surface area contributed by atoms with E-state index in [9.17, 15) is 0 Å². The summed E-state index contributed by atoms with van der Waals surface area (Å²) in [4.78, 5) is 9.10. The number of aromatic nitrogens is 2. The van der Waals surface area contributed by atoms with Crippen LogP contribution in [0.15, 0.2) is 12.3 Å². The van der Waals surface area contributed by atoms with Gasteiger partial charge in [0, 0.05) is 0 Å². The van der Waals surface area contributed by atoms with E-state index < -0.39 is 21.1 Å². The molecule has 0 aliphatic rings. The van der Waals surface area contributed by atoms with Gasteiger partial charge in [-0.25, -0.2) is 0 Å². The van der Waals surface area contributed by atoms with E-state index in [2.05, 4.69) is 44.5 Å². The molecule has 0 N–H and O–H groups in total. The van der Waals surface area contributed by atoms with Crippen LogP contribution in [0, 0.1) is 0 Å². The van der Waals surface area contributed by atoms with Gasteiger partial charge >= 0.3 is 153 Å². The third-order valence-corrected chi connectivity index (χ3v) is 9.73. The van der Waals surface area contributed by atoms with Crippen molar-refractivity contribution in [2.45, 2.75) is 87.7 Å². The maximum absolute atomic E-state index is 4.79. The summed E-state index contributed by atoms with van der Waals surface area (Å²) < 4.78 is 1.99. The van der Waals surface area contributed by atoms with E-state index in [4.69, 9.17) is 4.98 Å². The number of hydrogen-bond donors (Lipinski definition) is 1. The van der Waals surface area contributed by atoms with Crippen molar-refractivity contribution in [3.05, 3.63) is 18.1 Å². The van der Waals surface area contributed by atoms with Crippen LogP contribution in [0.4, 0.5) is 0 Å². The Hall–Kier alpha value is 0.229. The van der Waals surface area contributed by atoms with Gasteiger partial charge in [-0.3, -0.25) is 0 Å². The topological polar surface area (TPSA) is 25.8 Å². The Labute approximate surface area is 152 Å². The van der Waals surface area contributed by atoms with E-state index in [0.717, 1.165) is 5.82 Å². The predicted molar refractivity (Wildman–Crippen MR) is 101 cm³/mol. The number of hydrogen-bond acceptors (Lipinski definition) is 3. The van der Waals surface area contributed by atoms with Crippen molar-refractivity contribution in [1.29, 1.82) is 0 Å². The molecule has 1 heterocycles. The summed E-state index contributed by atoms with van der Waals surface area (Å²) in [5.41, 5.74) is 0. The summed E-state index contributed by atoms with van der Waals surface area (Å²) in [6.07, 6.45) is 14.2. The van der Waals surface area contributed by atoms with Crippen LogP contribution in [0.25, 0.3) is 0 Å². The third-order valence-electron chi connectivity index (χ3n) is 4.27. The molecule has 0 amide bonds. The van der Waals surface area contributed by atoms with Gasteiger partial charge in [-0.05, 0) is 0 Å². The molecular formula is C18H32N2SSn. The van der Waals surface area contributed by atoms with E-state index in [0.29, 0.717) is 9.18 Å². The van der Waals surface area contributed by atoms with Crippen LogP contribution in [0.5, 0.6) is 0 Å². The molecule has 22 heavy (non-hydrogen) atoms. The van der Waals surface area contributed by atoms with Gasteiger partial charge in [-0.1, -0.05) is 0 Å². The molecule has 0 aliphatic heterocycles. The van der Waals surface area contributed by atoms with E-state index in [1.165, 1.54) is 61.5 Å². The Balaban J connectivity index is 2.92. The summed E-state index contributed by atoms with van der Waals surface area (Å²) in [6.45, 7) is 6.96. The zero-order valence-corrected chi connectivity index (χ0v) is 18.3. The second-order valence-corrected chi connectivity index (χ2v) is 11.8. The Kier molecular flexibility index (Phi) is 10.8. The molecular weight excluding hydrogens is 395 g/mol. The molecule has 0 spiro atoms. The van der Waals surface area contributed by atoms with Crippen LogP contribution >= 0.6 is 12.6 Å². The monoisotopic (exact) mass is 428 g/mol. The second-order valence-electron chi connectivity index (χ2n) is 6.23. The fourth-order valence-electron chi connectivity index (χ4n) is 2.92. The van der Waals surface area contributed by atoms with Crippen LogP contribution in [0.3, 0.4) is 0 Å². The molecule has 0 aromatic carbocycles. The summed E-state index contributed by atoms with van der Waals surface area (Å²) >= 11 is 3.62. The first-order chi connectivity index (χ1) is 10.7. The van der Waals surface area contributed by atoms with E-state index in [1.807, 2.05) is 6.20 Å². The molecule has 4 heteroatoms. The molecule has 1 aromatic rings. The third kappa shape index (κ3) is 7.20. The van der Waals surface area contributed by atoms with Crippen molar-refractivity contribution >= 4 is 37.5 Å². The Morgan fingerprint density at radius 1 is 1.00 bits per heavy atom. The van der Waals surface area contributed by atoms with Gasteiger partial charge in [0.2, 0.25) is 0 Å². The molecule has 1 rings (SSSR count). The molecule has 0 saturated carbocycles. The van der Waals surface area contributed by atoms with Crippen molar-refractivity contribution in [2.24, 2.45) is 0 Å². The number of rotatable bonds is 12. The van der Waals surface area contributed by atoms with E-state index >= 15 is 0 Å². The van der Waals surface area contributed by atoms with Gasteiger partial charge in [0.15, 0.2) is 0 Å². The van der Waals surface area contributed by atoms with Crippen molar-refractivity contribution in [3.63, 3.8) is 0 Å². The summed E-state index contributed by atoms with van der Waals surface area (Å²) in [5, 5.41) is 0. The van der Waals surface area contributed by atoms with Crippen molar-refractivity contribution < 1.29 is 0 Å².